The molecule has 0 spiro atoms. The summed E-state index contributed by atoms with van der Waals surface area (Å²) < 4.78 is 14.2. The molecule has 2 heterocycles. The lowest BCUT2D eigenvalue weighted by atomic mass is 10.1. The molecule has 0 saturated heterocycles. The van der Waals surface area contributed by atoms with E-state index < -0.39 is 0 Å². The number of pyridine rings is 1. The van der Waals surface area contributed by atoms with Gasteiger partial charge < -0.3 is 16.8 Å². The first kappa shape index (κ1) is 20.7. The number of hydrogen-bond donors (Lipinski definition) is 3. The number of nitrogens with one attached hydrogen (secondary N) is 1. The lowest BCUT2D eigenvalue weighted by Crippen LogP contribution is -2.02. The molecule has 162 valence electrons. The van der Waals surface area contributed by atoms with Gasteiger partial charge in [-0.3, -0.25) is 0 Å². The van der Waals surface area contributed by atoms with Crippen molar-refractivity contribution in [3.05, 3.63) is 89.7 Å². The van der Waals surface area contributed by atoms with Gasteiger partial charge in [0.15, 0.2) is 0 Å². The van der Waals surface area contributed by atoms with Gasteiger partial charge >= 0.3 is 0 Å². The number of fused-ring (bicyclic) bond motifs is 1. The van der Waals surface area contributed by atoms with E-state index in [-0.39, 0.29) is 11.8 Å². The van der Waals surface area contributed by atoms with Crippen LogP contribution in [-0.4, -0.2) is 15.0 Å². The summed E-state index contributed by atoms with van der Waals surface area (Å²) in [6.07, 6.45) is 0. The van der Waals surface area contributed by atoms with Gasteiger partial charge in [-0.1, -0.05) is 35.9 Å². The summed E-state index contributed by atoms with van der Waals surface area (Å²) in [5.41, 5.74) is 16.5. The molecule has 6 nitrogen and oxygen atoms in total. The number of nitrogen functional groups attached to an aromatic ring is 2. The lowest BCUT2D eigenvalue weighted by Gasteiger charge is -2.11. The molecule has 0 bridgehead atoms. The van der Waals surface area contributed by atoms with Crippen LogP contribution >= 0.6 is 11.6 Å². The Morgan fingerprint density at radius 1 is 0.788 bits per heavy atom. The van der Waals surface area contributed by atoms with Crippen LogP contribution in [0.15, 0.2) is 78.9 Å². The highest BCUT2D eigenvalue weighted by Crippen LogP contribution is 2.31. The van der Waals surface area contributed by atoms with Crippen LogP contribution in [0.25, 0.3) is 33.4 Å². The Hall–Kier alpha value is -4.23. The summed E-state index contributed by atoms with van der Waals surface area (Å²) in [5.74, 6) is 0.303. The van der Waals surface area contributed by atoms with E-state index in [2.05, 4.69) is 20.3 Å². The van der Waals surface area contributed by atoms with Crippen molar-refractivity contribution < 1.29 is 4.39 Å². The van der Waals surface area contributed by atoms with E-state index in [0.29, 0.717) is 39.0 Å². The molecule has 0 radical (unpaired) electrons. The number of halogens is 2. The molecule has 2 aromatic heterocycles. The third-order valence-corrected chi connectivity index (χ3v) is 5.36. The van der Waals surface area contributed by atoms with Crippen molar-refractivity contribution in [2.45, 2.75) is 0 Å². The number of nitrogens with two attached hydrogens (primary N) is 2. The Kier molecular flexibility index (Phi) is 5.24. The molecule has 0 aliphatic heterocycles. The standard InChI is InChI=1S/C25H18ClFN6/c26-15-5-3-4-14(10-15)22-13-24(33-25(29)32-22)30-16-8-9-21-18(11-16)20(28)12-23(31-21)17-6-1-2-7-19(17)27/h1-13H,(H2,28,31)(H3,29,30,32,33). The highest BCUT2D eigenvalue weighted by atomic mass is 35.5. The predicted octanol–water partition coefficient (Wildman–Crippen LogP) is 6.06. The molecule has 33 heavy (non-hydrogen) atoms. The molecule has 0 fully saturated rings. The largest absolute Gasteiger partial charge is 0.398 e. The smallest absolute Gasteiger partial charge is 0.222 e. The number of anilines is 4. The zero-order chi connectivity index (χ0) is 22.9. The third kappa shape index (κ3) is 4.26. The molecule has 5 rings (SSSR count). The summed E-state index contributed by atoms with van der Waals surface area (Å²) >= 11 is 6.10. The van der Waals surface area contributed by atoms with E-state index in [0.717, 1.165) is 16.6 Å². The zero-order valence-corrected chi connectivity index (χ0v) is 18.0. The van der Waals surface area contributed by atoms with E-state index in [4.69, 9.17) is 23.1 Å². The van der Waals surface area contributed by atoms with Gasteiger partial charge in [0, 0.05) is 39.0 Å². The second-order valence-corrected chi connectivity index (χ2v) is 7.88. The second-order valence-electron chi connectivity index (χ2n) is 7.44. The van der Waals surface area contributed by atoms with Crippen molar-refractivity contribution >= 4 is 45.6 Å². The van der Waals surface area contributed by atoms with E-state index in [1.165, 1.54) is 6.07 Å². The number of aromatic nitrogens is 3. The first-order valence-corrected chi connectivity index (χ1v) is 10.5. The molecule has 0 saturated carbocycles. The van der Waals surface area contributed by atoms with Gasteiger partial charge in [0.2, 0.25) is 5.95 Å². The molecular weight excluding hydrogens is 439 g/mol. The van der Waals surface area contributed by atoms with Crippen LogP contribution in [0, 0.1) is 5.82 Å². The molecule has 0 unspecified atom stereocenters. The maximum Gasteiger partial charge on any atom is 0.222 e. The van der Waals surface area contributed by atoms with Crippen molar-refractivity contribution in [1.82, 2.24) is 15.0 Å². The summed E-state index contributed by atoms with van der Waals surface area (Å²) in [6.45, 7) is 0. The Labute approximate surface area is 194 Å². The van der Waals surface area contributed by atoms with Gasteiger partial charge in [-0.05, 0) is 48.5 Å². The van der Waals surface area contributed by atoms with Gasteiger partial charge in [-0.25, -0.2) is 14.4 Å². The fourth-order valence-electron chi connectivity index (χ4n) is 3.61. The topological polar surface area (TPSA) is 103 Å². The number of hydrogen-bond acceptors (Lipinski definition) is 6. The zero-order valence-electron chi connectivity index (χ0n) is 17.3. The minimum absolute atomic E-state index is 0.131. The lowest BCUT2D eigenvalue weighted by molar-refractivity contribution is 0.631. The number of benzene rings is 3. The highest BCUT2D eigenvalue weighted by Gasteiger charge is 2.11. The van der Waals surface area contributed by atoms with Crippen LogP contribution in [0.1, 0.15) is 0 Å². The van der Waals surface area contributed by atoms with Crippen LogP contribution < -0.4 is 16.8 Å². The highest BCUT2D eigenvalue weighted by molar-refractivity contribution is 6.30. The monoisotopic (exact) mass is 456 g/mol. The molecular formula is C25H18ClFN6. The maximum absolute atomic E-state index is 14.2. The van der Waals surface area contributed by atoms with Crippen molar-refractivity contribution in [2.75, 3.05) is 16.8 Å². The normalized spacial score (nSPS) is 11.0. The second kappa shape index (κ2) is 8.37. The average molecular weight is 457 g/mol. The number of rotatable bonds is 4. The van der Waals surface area contributed by atoms with Gasteiger partial charge in [-0.15, -0.1) is 0 Å². The molecule has 5 N–H and O–H groups in total. The first-order chi connectivity index (χ1) is 16.0. The molecule has 0 atom stereocenters. The van der Waals surface area contributed by atoms with E-state index in [1.807, 2.05) is 36.4 Å². The fourth-order valence-corrected chi connectivity index (χ4v) is 3.80. The van der Waals surface area contributed by atoms with Gasteiger partial charge in [0.25, 0.3) is 0 Å². The Bertz CT molecular complexity index is 1500. The molecule has 0 aliphatic rings. The van der Waals surface area contributed by atoms with E-state index in [1.54, 1.807) is 36.4 Å². The molecule has 3 aromatic carbocycles. The maximum atomic E-state index is 14.2. The SMILES string of the molecule is Nc1nc(Nc2ccc3nc(-c4ccccc4F)cc(N)c3c2)cc(-c2cccc(Cl)c2)n1. The summed E-state index contributed by atoms with van der Waals surface area (Å²) in [4.78, 5) is 13.2. The molecule has 0 amide bonds. The van der Waals surface area contributed by atoms with Crippen molar-refractivity contribution in [2.24, 2.45) is 0 Å². The summed E-state index contributed by atoms with van der Waals surface area (Å²) in [5, 5.41) is 4.57. The summed E-state index contributed by atoms with van der Waals surface area (Å²) in [7, 11) is 0. The number of nitrogens with zero attached hydrogens (tertiary/aromatic N) is 3. The minimum atomic E-state index is -0.348. The van der Waals surface area contributed by atoms with Crippen LogP contribution in [0.2, 0.25) is 5.02 Å². The van der Waals surface area contributed by atoms with Gasteiger partial charge in [0.05, 0.1) is 16.9 Å². The van der Waals surface area contributed by atoms with Crippen molar-refractivity contribution in [1.29, 1.82) is 0 Å². The molecule has 0 aliphatic carbocycles. The first-order valence-electron chi connectivity index (χ1n) is 10.1. The predicted molar refractivity (Wildman–Crippen MR) is 132 cm³/mol. The fraction of sp³-hybridized carbons (Fsp3) is 0. The quantitative estimate of drug-likeness (QED) is 0.304. The van der Waals surface area contributed by atoms with Gasteiger partial charge in [-0.2, -0.15) is 4.98 Å². The molecule has 8 heteroatoms. The Morgan fingerprint density at radius 2 is 1.64 bits per heavy atom. The third-order valence-electron chi connectivity index (χ3n) is 5.13. The minimum Gasteiger partial charge on any atom is -0.398 e. The summed E-state index contributed by atoms with van der Waals surface area (Å²) in [6, 6.07) is 22.8. The van der Waals surface area contributed by atoms with Crippen LogP contribution in [0.4, 0.5) is 27.5 Å². The van der Waals surface area contributed by atoms with E-state index in [9.17, 15) is 4.39 Å². The molecule has 5 aromatic rings. The van der Waals surface area contributed by atoms with Gasteiger partial charge in [0.1, 0.15) is 11.6 Å². The Morgan fingerprint density at radius 3 is 2.45 bits per heavy atom. The Balaban J connectivity index is 1.49. The van der Waals surface area contributed by atoms with Crippen LogP contribution in [0.3, 0.4) is 0 Å². The van der Waals surface area contributed by atoms with Crippen LogP contribution in [-0.2, 0) is 0 Å². The van der Waals surface area contributed by atoms with Crippen molar-refractivity contribution in [3.63, 3.8) is 0 Å². The van der Waals surface area contributed by atoms with Crippen molar-refractivity contribution in [3.8, 4) is 22.5 Å². The van der Waals surface area contributed by atoms with Crippen LogP contribution in [0.5, 0.6) is 0 Å². The van der Waals surface area contributed by atoms with E-state index >= 15 is 0 Å². The average Bonchev–Trinajstić information content (AvgIpc) is 2.79.